The molecule has 19 heteroatoms. The molecule has 0 bridgehead atoms. The molecule has 618 valence electrons. The highest BCUT2D eigenvalue weighted by Crippen LogP contribution is 2.45. The monoisotopic (exact) mass is 1520 g/mol. The highest BCUT2D eigenvalue weighted by molar-refractivity contribution is 7.47. The smallest absolute Gasteiger partial charge is 0.462 e. The average Bonchev–Trinajstić information content (AvgIpc) is 0.939. The topological polar surface area (TPSA) is 237 Å². The van der Waals surface area contributed by atoms with Crippen LogP contribution >= 0.6 is 15.6 Å². The Kier molecular flexibility index (Phi) is 75.0. The summed E-state index contributed by atoms with van der Waals surface area (Å²) in [4.78, 5) is 73.2. The molecule has 0 aliphatic rings. The maximum Gasteiger partial charge on any atom is 0.472 e. The molecule has 0 aromatic heterocycles. The van der Waals surface area contributed by atoms with Crippen molar-refractivity contribution in [1.82, 2.24) is 0 Å². The zero-order chi connectivity index (χ0) is 76.4. The molecular weight excluding hydrogens is 1350 g/mol. The zero-order valence-electron chi connectivity index (χ0n) is 68.3. The molecule has 0 saturated carbocycles. The lowest BCUT2D eigenvalue weighted by molar-refractivity contribution is -0.161. The molecule has 0 amide bonds. The van der Waals surface area contributed by atoms with Crippen LogP contribution in [0.15, 0.2) is 0 Å². The molecule has 0 rings (SSSR count). The van der Waals surface area contributed by atoms with Gasteiger partial charge in [0.05, 0.1) is 26.4 Å². The fraction of sp³-hybridized carbons (Fsp3) is 0.953. The summed E-state index contributed by atoms with van der Waals surface area (Å²) in [5, 5.41) is 10.7. The summed E-state index contributed by atoms with van der Waals surface area (Å²) >= 11 is 0. The van der Waals surface area contributed by atoms with E-state index in [2.05, 4.69) is 41.5 Å². The van der Waals surface area contributed by atoms with Crippen molar-refractivity contribution >= 4 is 39.5 Å². The minimum atomic E-state index is -4.96. The van der Waals surface area contributed by atoms with Gasteiger partial charge in [0.25, 0.3) is 0 Å². The van der Waals surface area contributed by atoms with Gasteiger partial charge in [0.2, 0.25) is 0 Å². The van der Waals surface area contributed by atoms with Gasteiger partial charge in [0, 0.05) is 25.7 Å². The van der Waals surface area contributed by atoms with E-state index in [-0.39, 0.29) is 25.7 Å². The van der Waals surface area contributed by atoms with Crippen LogP contribution in [0, 0.1) is 11.8 Å². The van der Waals surface area contributed by atoms with E-state index in [0.29, 0.717) is 25.7 Å². The van der Waals surface area contributed by atoms with Gasteiger partial charge in [-0.1, -0.05) is 401 Å². The maximum absolute atomic E-state index is 13.1. The van der Waals surface area contributed by atoms with E-state index in [0.717, 1.165) is 102 Å². The number of hydrogen-bond donors (Lipinski definition) is 3. The molecular formula is C85H166O17P2. The van der Waals surface area contributed by atoms with Crippen LogP contribution in [0.5, 0.6) is 0 Å². The van der Waals surface area contributed by atoms with Crippen LogP contribution < -0.4 is 0 Å². The van der Waals surface area contributed by atoms with Gasteiger partial charge in [-0.3, -0.25) is 37.3 Å². The predicted molar refractivity (Wildman–Crippen MR) is 428 cm³/mol. The molecule has 0 aliphatic carbocycles. The van der Waals surface area contributed by atoms with Gasteiger partial charge in [0.15, 0.2) is 12.2 Å². The van der Waals surface area contributed by atoms with Crippen molar-refractivity contribution < 1.29 is 80.2 Å². The second-order valence-corrected chi connectivity index (χ2v) is 34.4. The Labute approximate surface area is 638 Å². The molecule has 0 spiro atoms. The summed E-state index contributed by atoms with van der Waals surface area (Å²) < 4.78 is 68.9. The van der Waals surface area contributed by atoms with Crippen molar-refractivity contribution in [2.45, 2.75) is 471 Å². The third-order valence-corrected chi connectivity index (χ3v) is 21.9. The van der Waals surface area contributed by atoms with Crippen LogP contribution in [0.1, 0.15) is 452 Å². The molecule has 0 aromatic rings. The lowest BCUT2D eigenvalue weighted by atomic mass is 10.0. The van der Waals surface area contributed by atoms with Crippen molar-refractivity contribution in [3.8, 4) is 0 Å². The first-order chi connectivity index (χ1) is 50.4. The van der Waals surface area contributed by atoms with E-state index in [1.807, 2.05) is 0 Å². The highest BCUT2D eigenvalue weighted by Gasteiger charge is 2.30. The molecule has 5 atom stereocenters. The number of carbonyl (C=O) groups is 4. The molecule has 0 aliphatic heterocycles. The van der Waals surface area contributed by atoms with Gasteiger partial charge in [-0.2, -0.15) is 0 Å². The van der Waals surface area contributed by atoms with Gasteiger partial charge in [-0.15, -0.1) is 0 Å². The largest absolute Gasteiger partial charge is 0.472 e. The normalized spacial score (nSPS) is 13.8. The second-order valence-electron chi connectivity index (χ2n) is 31.5. The molecule has 0 fully saturated rings. The Bertz CT molecular complexity index is 1990. The third-order valence-electron chi connectivity index (χ3n) is 20.0. The first-order valence-corrected chi connectivity index (χ1v) is 47.0. The summed E-state index contributed by atoms with van der Waals surface area (Å²) in [7, 11) is -9.93. The van der Waals surface area contributed by atoms with Crippen LogP contribution in [0.3, 0.4) is 0 Å². The standard InChI is InChI=1S/C85H166O17P2/c1-7-9-11-13-15-17-19-21-23-30-34-38-42-49-55-61-67-82(87)95-73-80(101-84(89)70-64-58-52-44-40-36-32-28-26-25-27-29-33-37-41-47-53-59-65-77(3)4)75-99-103(91,92)97-71-79(86)72-98-104(93,94)100-76-81(74-96-83(88)68-62-56-50-46-45-48-54-60-66-78(5)6)102-85(90)69-63-57-51-43-39-35-31-24-22-20-18-16-14-12-10-8-2/h77-81,86H,7-76H2,1-6H3,(H,91,92)(H,93,94)/t79-,80-,81-/m1/s1. The number of ether oxygens (including phenoxy) is 4. The van der Waals surface area contributed by atoms with Gasteiger partial charge in [-0.25, -0.2) is 9.13 Å². The summed E-state index contributed by atoms with van der Waals surface area (Å²) in [5.74, 6) is -0.556. The molecule has 2 unspecified atom stereocenters. The SMILES string of the molecule is CCCCCCCCCCCCCCCCCCC(=O)OC[C@H](COP(=O)(O)OC[C@@H](O)COP(=O)(O)OC[C@@H](COC(=O)CCCCCCCCCCC(C)C)OC(=O)CCCCCCCCCCCCCCCCCC)OC(=O)CCCCCCCCCCCCCCCCCCCCC(C)C. The quantitative estimate of drug-likeness (QED) is 0.0222. The van der Waals surface area contributed by atoms with Crippen LogP contribution in [0.25, 0.3) is 0 Å². The van der Waals surface area contributed by atoms with Gasteiger partial charge in [0.1, 0.15) is 19.3 Å². The predicted octanol–water partition coefficient (Wildman–Crippen LogP) is 25.8. The number of esters is 4. The van der Waals surface area contributed by atoms with Crippen LogP contribution in [0.4, 0.5) is 0 Å². The first kappa shape index (κ1) is 102. The van der Waals surface area contributed by atoms with Crippen molar-refractivity contribution in [3.05, 3.63) is 0 Å². The Morgan fingerprint density at radius 3 is 0.654 bits per heavy atom. The highest BCUT2D eigenvalue weighted by atomic mass is 31.2. The van der Waals surface area contributed by atoms with E-state index < -0.39 is 97.5 Å². The van der Waals surface area contributed by atoms with Gasteiger partial charge < -0.3 is 33.8 Å². The minimum absolute atomic E-state index is 0.108. The zero-order valence-corrected chi connectivity index (χ0v) is 70.1. The summed E-state index contributed by atoms with van der Waals surface area (Å²) in [5.41, 5.74) is 0. The molecule has 17 nitrogen and oxygen atoms in total. The lowest BCUT2D eigenvalue weighted by Gasteiger charge is -2.21. The summed E-state index contributed by atoms with van der Waals surface area (Å²) in [6.45, 7) is 9.67. The second kappa shape index (κ2) is 76.4. The number of unbranched alkanes of at least 4 members (excludes halogenated alkanes) is 54. The lowest BCUT2D eigenvalue weighted by Crippen LogP contribution is -2.30. The van der Waals surface area contributed by atoms with E-state index in [1.165, 1.54) is 270 Å². The Balaban J connectivity index is 5.24. The Hall–Kier alpha value is -1.94. The van der Waals surface area contributed by atoms with Crippen LogP contribution in [-0.2, 0) is 65.4 Å². The molecule has 0 radical (unpaired) electrons. The number of hydrogen-bond acceptors (Lipinski definition) is 15. The Morgan fingerprint density at radius 1 is 0.260 bits per heavy atom. The van der Waals surface area contributed by atoms with Crippen LogP contribution in [0.2, 0.25) is 0 Å². The van der Waals surface area contributed by atoms with Gasteiger partial charge >= 0.3 is 39.5 Å². The summed E-state index contributed by atoms with van der Waals surface area (Å²) in [6.07, 6.45) is 68.0. The third kappa shape index (κ3) is 78.2. The van der Waals surface area contributed by atoms with Crippen molar-refractivity contribution in [1.29, 1.82) is 0 Å². The van der Waals surface area contributed by atoms with Gasteiger partial charge in [-0.05, 0) is 37.5 Å². The molecule has 0 aromatic carbocycles. The molecule has 0 saturated heterocycles. The number of aliphatic hydroxyl groups is 1. The maximum atomic E-state index is 13.1. The van der Waals surface area contributed by atoms with E-state index in [9.17, 15) is 43.2 Å². The Morgan fingerprint density at radius 2 is 0.442 bits per heavy atom. The van der Waals surface area contributed by atoms with Crippen molar-refractivity contribution in [3.63, 3.8) is 0 Å². The van der Waals surface area contributed by atoms with E-state index in [1.54, 1.807) is 0 Å². The average molecular weight is 1520 g/mol. The van der Waals surface area contributed by atoms with E-state index >= 15 is 0 Å². The number of phosphoric ester groups is 2. The molecule has 0 heterocycles. The summed E-state index contributed by atoms with van der Waals surface area (Å²) in [6, 6.07) is 0. The fourth-order valence-electron chi connectivity index (χ4n) is 13.2. The van der Waals surface area contributed by atoms with Crippen molar-refractivity contribution in [2.24, 2.45) is 11.8 Å². The van der Waals surface area contributed by atoms with Crippen LogP contribution in [-0.4, -0.2) is 96.7 Å². The number of rotatable bonds is 84. The first-order valence-electron chi connectivity index (χ1n) is 44.0. The fourth-order valence-corrected chi connectivity index (χ4v) is 14.8. The van der Waals surface area contributed by atoms with E-state index in [4.69, 9.17) is 37.0 Å². The number of carbonyl (C=O) groups excluding carboxylic acids is 4. The molecule has 104 heavy (non-hydrogen) atoms. The van der Waals surface area contributed by atoms with Crippen molar-refractivity contribution in [2.75, 3.05) is 39.6 Å². The molecule has 3 N–H and O–H groups in total. The number of aliphatic hydroxyl groups excluding tert-OH is 1. The minimum Gasteiger partial charge on any atom is -0.462 e. The number of phosphoric acid groups is 2.